The van der Waals surface area contributed by atoms with Gasteiger partial charge >= 0.3 is 0 Å². The molecule has 0 rings (SSSR count). The van der Waals surface area contributed by atoms with Crippen LogP contribution in [0.2, 0.25) is 0 Å². The minimum absolute atomic E-state index is 0.313. The number of guanidine groups is 1. The maximum absolute atomic E-state index is 11.5. The lowest BCUT2D eigenvalue weighted by Gasteiger charge is -2.04. The predicted molar refractivity (Wildman–Crippen MR) is 36.4 cm³/mol. The summed E-state index contributed by atoms with van der Waals surface area (Å²) in [5, 5.41) is 5.49. The first-order valence-corrected chi connectivity index (χ1v) is 2.79. The van der Waals surface area contributed by atoms with E-state index < -0.39 is 0 Å². The Labute approximate surface area is 54.4 Å². The Bertz CT molecular complexity index is 92.2. The van der Waals surface area contributed by atoms with Crippen LogP contribution in [-0.4, -0.2) is 33.3 Å². The maximum Gasteiger partial charge on any atom is 0.190 e. The molecule has 2 N–H and O–H groups in total. The third kappa shape index (κ3) is 3.76. The number of hydrogen-bond acceptors (Lipinski definition) is 1. The highest BCUT2D eigenvalue weighted by Crippen LogP contribution is 1.65. The van der Waals surface area contributed by atoms with Gasteiger partial charge in [-0.25, -0.2) is 4.39 Å². The minimum atomic E-state index is -0.374. The fraction of sp³-hybridized carbons (Fsp3) is 0.800. The van der Waals surface area contributed by atoms with E-state index in [-0.39, 0.29) is 6.67 Å². The molecule has 0 saturated carbocycles. The standard InChI is InChI=1S/C5H12FN3/c1-7-5(8-2)9-4-3-6/h3-4H2,1-2H3,(H2,7,8,9). The lowest BCUT2D eigenvalue weighted by Crippen LogP contribution is -2.35. The van der Waals surface area contributed by atoms with Crippen LogP contribution in [0.3, 0.4) is 0 Å². The van der Waals surface area contributed by atoms with Crippen molar-refractivity contribution in [2.24, 2.45) is 4.99 Å². The summed E-state index contributed by atoms with van der Waals surface area (Å²) in [6.45, 7) is -0.0613. The second kappa shape index (κ2) is 5.34. The number of halogens is 1. The van der Waals surface area contributed by atoms with Crippen LogP contribution in [0.25, 0.3) is 0 Å². The Kier molecular flexibility index (Phi) is 4.86. The van der Waals surface area contributed by atoms with Gasteiger partial charge in [0.2, 0.25) is 0 Å². The van der Waals surface area contributed by atoms with Crippen molar-refractivity contribution in [1.82, 2.24) is 10.6 Å². The van der Waals surface area contributed by atoms with Crippen LogP contribution in [0.4, 0.5) is 4.39 Å². The molecule has 0 amide bonds. The first kappa shape index (κ1) is 8.20. The number of nitrogens with zero attached hydrogens (tertiary/aromatic N) is 1. The molecule has 0 spiro atoms. The molecule has 9 heavy (non-hydrogen) atoms. The number of rotatable bonds is 2. The van der Waals surface area contributed by atoms with E-state index >= 15 is 0 Å². The summed E-state index contributed by atoms with van der Waals surface area (Å²) < 4.78 is 11.5. The zero-order valence-corrected chi connectivity index (χ0v) is 5.74. The molecule has 0 aliphatic heterocycles. The van der Waals surface area contributed by atoms with Gasteiger partial charge in [0.15, 0.2) is 5.96 Å². The Morgan fingerprint density at radius 3 is 2.67 bits per heavy atom. The average Bonchev–Trinajstić information content (AvgIpc) is 1.91. The molecule has 0 aliphatic carbocycles. The highest BCUT2D eigenvalue weighted by atomic mass is 19.1. The highest BCUT2D eigenvalue weighted by molar-refractivity contribution is 5.79. The van der Waals surface area contributed by atoms with E-state index in [0.717, 1.165) is 0 Å². The summed E-state index contributed by atoms with van der Waals surface area (Å²) in [6, 6.07) is 0. The molecule has 0 unspecified atom stereocenters. The molecule has 0 aromatic rings. The van der Waals surface area contributed by atoms with Gasteiger partial charge in [-0.3, -0.25) is 4.99 Å². The molecule has 54 valence electrons. The third-order valence-electron chi connectivity index (χ3n) is 0.847. The van der Waals surface area contributed by atoms with Crippen LogP contribution in [0, 0.1) is 0 Å². The molecular weight excluding hydrogens is 121 g/mol. The molecule has 0 atom stereocenters. The molecule has 0 saturated heterocycles. The van der Waals surface area contributed by atoms with Gasteiger partial charge in [0.25, 0.3) is 0 Å². The van der Waals surface area contributed by atoms with Gasteiger partial charge < -0.3 is 10.6 Å². The maximum atomic E-state index is 11.5. The fourth-order valence-corrected chi connectivity index (χ4v) is 0.445. The topological polar surface area (TPSA) is 36.4 Å². The summed E-state index contributed by atoms with van der Waals surface area (Å²) in [7, 11) is 3.37. The Morgan fingerprint density at radius 1 is 1.67 bits per heavy atom. The molecule has 0 aromatic heterocycles. The summed E-state index contributed by atoms with van der Waals surface area (Å²) in [5.41, 5.74) is 0. The van der Waals surface area contributed by atoms with Gasteiger partial charge in [0.05, 0.1) is 0 Å². The zero-order valence-electron chi connectivity index (χ0n) is 5.74. The van der Waals surface area contributed by atoms with Crippen molar-refractivity contribution in [3.63, 3.8) is 0 Å². The summed E-state index contributed by atoms with van der Waals surface area (Å²) >= 11 is 0. The van der Waals surface area contributed by atoms with E-state index in [9.17, 15) is 4.39 Å². The first-order chi connectivity index (χ1) is 4.35. The van der Waals surface area contributed by atoms with Crippen molar-refractivity contribution in [3.05, 3.63) is 0 Å². The molecule has 0 bridgehead atoms. The van der Waals surface area contributed by atoms with E-state index in [4.69, 9.17) is 0 Å². The van der Waals surface area contributed by atoms with Crippen LogP contribution in [0.15, 0.2) is 4.99 Å². The molecule has 0 heterocycles. The van der Waals surface area contributed by atoms with Gasteiger partial charge in [-0.1, -0.05) is 0 Å². The molecule has 0 radical (unpaired) electrons. The summed E-state index contributed by atoms with van der Waals surface area (Å²) in [5.74, 6) is 0.618. The SMILES string of the molecule is C/N=C(/NC)NCCF. The van der Waals surface area contributed by atoms with Gasteiger partial charge in [-0.2, -0.15) is 0 Å². The second-order valence-electron chi connectivity index (χ2n) is 1.44. The Hall–Kier alpha value is -0.800. The van der Waals surface area contributed by atoms with E-state index in [1.807, 2.05) is 0 Å². The highest BCUT2D eigenvalue weighted by Gasteiger charge is 1.88. The van der Waals surface area contributed by atoms with Gasteiger partial charge in [-0.15, -0.1) is 0 Å². The second-order valence-corrected chi connectivity index (χ2v) is 1.44. The quantitative estimate of drug-likeness (QED) is 0.402. The normalized spacial score (nSPS) is 11.2. The number of nitrogens with one attached hydrogen (secondary N) is 2. The van der Waals surface area contributed by atoms with Crippen LogP contribution < -0.4 is 10.6 Å². The number of aliphatic imine (C=N–C) groups is 1. The number of alkyl halides is 1. The Balaban J connectivity index is 3.33. The van der Waals surface area contributed by atoms with Crippen molar-refractivity contribution in [1.29, 1.82) is 0 Å². The van der Waals surface area contributed by atoms with Crippen LogP contribution in [0.5, 0.6) is 0 Å². The molecule has 3 nitrogen and oxygen atoms in total. The minimum Gasteiger partial charge on any atom is -0.359 e. The van der Waals surface area contributed by atoms with E-state index in [1.165, 1.54) is 0 Å². The Morgan fingerprint density at radius 2 is 2.33 bits per heavy atom. The first-order valence-electron chi connectivity index (χ1n) is 2.79. The molecule has 0 fully saturated rings. The average molecular weight is 133 g/mol. The van der Waals surface area contributed by atoms with Crippen LogP contribution in [0.1, 0.15) is 0 Å². The third-order valence-corrected chi connectivity index (χ3v) is 0.847. The predicted octanol–water partition coefficient (Wildman–Crippen LogP) is -0.249. The van der Waals surface area contributed by atoms with Crippen molar-refractivity contribution in [2.75, 3.05) is 27.3 Å². The lowest BCUT2D eigenvalue weighted by atomic mass is 10.7. The summed E-state index contributed by atoms with van der Waals surface area (Å²) in [4.78, 5) is 3.77. The van der Waals surface area contributed by atoms with Crippen molar-refractivity contribution in [3.8, 4) is 0 Å². The molecule has 0 aliphatic rings. The number of hydrogen-bond donors (Lipinski definition) is 2. The zero-order chi connectivity index (χ0) is 7.11. The smallest absolute Gasteiger partial charge is 0.190 e. The van der Waals surface area contributed by atoms with E-state index in [0.29, 0.717) is 12.5 Å². The largest absolute Gasteiger partial charge is 0.359 e. The van der Waals surface area contributed by atoms with Gasteiger partial charge in [0, 0.05) is 20.6 Å². The monoisotopic (exact) mass is 133 g/mol. The van der Waals surface area contributed by atoms with E-state index in [1.54, 1.807) is 14.1 Å². The van der Waals surface area contributed by atoms with Crippen LogP contribution in [-0.2, 0) is 0 Å². The van der Waals surface area contributed by atoms with Crippen molar-refractivity contribution in [2.45, 2.75) is 0 Å². The lowest BCUT2D eigenvalue weighted by molar-refractivity contribution is 0.490. The summed E-state index contributed by atoms with van der Waals surface area (Å²) in [6.07, 6.45) is 0. The molecule has 0 aromatic carbocycles. The van der Waals surface area contributed by atoms with Gasteiger partial charge in [-0.05, 0) is 0 Å². The van der Waals surface area contributed by atoms with Crippen molar-refractivity contribution < 1.29 is 4.39 Å². The molecule has 4 heteroatoms. The van der Waals surface area contributed by atoms with Crippen molar-refractivity contribution >= 4 is 5.96 Å². The van der Waals surface area contributed by atoms with E-state index in [2.05, 4.69) is 15.6 Å². The van der Waals surface area contributed by atoms with Gasteiger partial charge in [0.1, 0.15) is 6.67 Å². The van der Waals surface area contributed by atoms with Crippen LogP contribution >= 0.6 is 0 Å². The molecular formula is C5H12FN3. The fourth-order valence-electron chi connectivity index (χ4n) is 0.445.